The Morgan fingerprint density at radius 1 is 1.24 bits per heavy atom. The zero-order chi connectivity index (χ0) is 18.4. The minimum Gasteiger partial charge on any atom is -0.493 e. The molecule has 0 radical (unpaired) electrons. The van der Waals surface area contributed by atoms with E-state index in [1.54, 1.807) is 37.3 Å². The third kappa shape index (κ3) is 4.47. The highest BCUT2D eigenvalue weighted by atomic mass is 16.6. The van der Waals surface area contributed by atoms with Crippen LogP contribution in [0, 0.1) is 17.0 Å². The van der Waals surface area contributed by atoms with E-state index in [4.69, 9.17) is 9.47 Å². The fourth-order valence-corrected chi connectivity index (χ4v) is 2.26. The Kier molecular flexibility index (Phi) is 5.94. The molecule has 0 saturated carbocycles. The Bertz CT molecular complexity index is 776. The first-order valence-electron chi connectivity index (χ1n) is 7.81. The smallest absolute Gasteiger partial charge is 0.271 e. The lowest BCUT2D eigenvalue weighted by molar-refractivity contribution is -0.384. The number of hydrogen-bond donors (Lipinski definition) is 1. The molecule has 132 valence electrons. The van der Waals surface area contributed by atoms with Gasteiger partial charge in [-0.25, -0.2) is 0 Å². The number of nitrogens with one attached hydrogen (secondary N) is 1. The summed E-state index contributed by atoms with van der Waals surface area (Å²) in [6, 6.07) is 11.4. The molecule has 1 atom stereocenters. The van der Waals surface area contributed by atoms with Crippen LogP contribution >= 0.6 is 0 Å². The molecule has 1 amide bonds. The van der Waals surface area contributed by atoms with Gasteiger partial charge in [-0.3, -0.25) is 14.9 Å². The Labute approximate surface area is 145 Å². The normalized spacial score (nSPS) is 11.5. The quantitative estimate of drug-likeness (QED) is 0.611. The Morgan fingerprint density at radius 3 is 2.52 bits per heavy atom. The number of para-hydroxylation sites is 2. The number of amides is 1. The molecule has 0 aliphatic rings. The van der Waals surface area contributed by atoms with Gasteiger partial charge in [0.05, 0.1) is 17.7 Å². The number of carbonyl (C=O) groups is 1. The van der Waals surface area contributed by atoms with Gasteiger partial charge in [-0.05, 0) is 31.0 Å². The van der Waals surface area contributed by atoms with Crippen LogP contribution in [0.5, 0.6) is 11.5 Å². The average Bonchev–Trinajstić information content (AvgIpc) is 2.61. The minimum absolute atomic E-state index is 0.0837. The van der Waals surface area contributed by atoms with Crippen molar-refractivity contribution < 1.29 is 19.2 Å². The van der Waals surface area contributed by atoms with Gasteiger partial charge in [0.2, 0.25) is 0 Å². The summed E-state index contributed by atoms with van der Waals surface area (Å²) in [5.74, 6) is 0.611. The Balaban J connectivity index is 2.18. The van der Waals surface area contributed by atoms with E-state index >= 15 is 0 Å². The number of benzene rings is 2. The summed E-state index contributed by atoms with van der Waals surface area (Å²) in [5.41, 5.74) is 1.03. The molecule has 2 aromatic carbocycles. The lowest BCUT2D eigenvalue weighted by atomic mass is 10.1. The maximum atomic E-state index is 12.5. The van der Waals surface area contributed by atoms with Crippen LogP contribution in [0.2, 0.25) is 0 Å². The third-order valence-corrected chi connectivity index (χ3v) is 3.69. The van der Waals surface area contributed by atoms with E-state index in [9.17, 15) is 14.9 Å². The lowest BCUT2D eigenvalue weighted by Crippen LogP contribution is -2.32. The number of rotatable bonds is 7. The van der Waals surface area contributed by atoms with Crippen molar-refractivity contribution in [3.8, 4) is 11.5 Å². The lowest BCUT2D eigenvalue weighted by Gasteiger charge is -2.19. The number of methoxy groups -OCH3 is 1. The maximum Gasteiger partial charge on any atom is 0.271 e. The number of ether oxygens (including phenoxy) is 2. The van der Waals surface area contributed by atoms with Crippen molar-refractivity contribution >= 4 is 17.3 Å². The summed E-state index contributed by atoms with van der Waals surface area (Å²) in [5, 5.41) is 13.6. The molecule has 0 unspecified atom stereocenters. The molecule has 0 fully saturated rings. The topological polar surface area (TPSA) is 90.7 Å². The molecule has 0 saturated heterocycles. The number of anilines is 1. The molecule has 0 aliphatic carbocycles. The molecule has 0 spiro atoms. The SMILES string of the molecule is CC[C@H](Oc1ccccc1OC)C(=O)Nc1cc([N+](=O)[O-])ccc1C. The van der Waals surface area contributed by atoms with Gasteiger partial charge in [-0.1, -0.05) is 25.1 Å². The molecule has 2 rings (SSSR count). The summed E-state index contributed by atoms with van der Waals surface area (Å²) in [4.78, 5) is 22.9. The van der Waals surface area contributed by atoms with Crippen molar-refractivity contribution in [2.75, 3.05) is 12.4 Å². The second-order valence-electron chi connectivity index (χ2n) is 5.41. The number of nitro groups is 1. The first kappa shape index (κ1) is 18.3. The van der Waals surface area contributed by atoms with E-state index in [2.05, 4.69) is 5.32 Å². The summed E-state index contributed by atoms with van der Waals surface area (Å²) >= 11 is 0. The van der Waals surface area contributed by atoms with Gasteiger partial charge in [-0.2, -0.15) is 0 Å². The maximum absolute atomic E-state index is 12.5. The molecule has 2 aromatic rings. The predicted molar refractivity (Wildman–Crippen MR) is 94.2 cm³/mol. The Morgan fingerprint density at radius 2 is 1.92 bits per heavy atom. The van der Waals surface area contributed by atoms with Gasteiger partial charge >= 0.3 is 0 Å². The standard InChI is InChI=1S/C18H20N2O5/c1-4-15(25-17-8-6-5-7-16(17)24-3)18(21)19-14-11-13(20(22)23)10-9-12(14)2/h5-11,15H,4H2,1-3H3,(H,19,21)/t15-/m0/s1. The predicted octanol–water partition coefficient (Wildman–Crippen LogP) is 3.71. The molecule has 1 N–H and O–H groups in total. The molecular formula is C18H20N2O5. The van der Waals surface area contributed by atoms with Crippen molar-refractivity contribution in [3.63, 3.8) is 0 Å². The van der Waals surface area contributed by atoms with Gasteiger partial charge in [-0.15, -0.1) is 0 Å². The Hall–Kier alpha value is -3.09. The average molecular weight is 344 g/mol. The number of hydrogen-bond acceptors (Lipinski definition) is 5. The summed E-state index contributed by atoms with van der Waals surface area (Å²) in [6.07, 6.45) is -0.326. The van der Waals surface area contributed by atoms with E-state index in [1.165, 1.54) is 19.2 Å². The first-order valence-corrected chi connectivity index (χ1v) is 7.81. The number of nitrogens with zero attached hydrogens (tertiary/aromatic N) is 1. The van der Waals surface area contributed by atoms with Crippen LogP contribution in [-0.2, 0) is 4.79 Å². The van der Waals surface area contributed by atoms with Crippen LogP contribution < -0.4 is 14.8 Å². The third-order valence-electron chi connectivity index (χ3n) is 3.69. The number of carbonyl (C=O) groups excluding carboxylic acids is 1. The van der Waals surface area contributed by atoms with Gasteiger partial charge < -0.3 is 14.8 Å². The van der Waals surface area contributed by atoms with Gasteiger partial charge in [0.1, 0.15) is 0 Å². The molecule has 0 heterocycles. The highest BCUT2D eigenvalue weighted by Crippen LogP contribution is 2.28. The van der Waals surface area contributed by atoms with Gasteiger partial charge in [0.15, 0.2) is 17.6 Å². The molecule has 0 aliphatic heterocycles. The highest BCUT2D eigenvalue weighted by Gasteiger charge is 2.21. The van der Waals surface area contributed by atoms with Crippen LogP contribution in [0.25, 0.3) is 0 Å². The van der Waals surface area contributed by atoms with Crippen LogP contribution in [-0.4, -0.2) is 24.0 Å². The van der Waals surface area contributed by atoms with Crippen molar-refractivity contribution in [1.29, 1.82) is 0 Å². The van der Waals surface area contributed by atoms with Crippen molar-refractivity contribution in [2.24, 2.45) is 0 Å². The van der Waals surface area contributed by atoms with Crippen LogP contribution in [0.3, 0.4) is 0 Å². The van der Waals surface area contributed by atoms with Crippen LogP contribution in [0.15, 0.2) is 42.5 Å². The highest BCUT2D eigenvalue weighted by molar-refractivity contribution is 5.95. The molecule has 25 heavy (non-hydrogen) atoms. The summed E-state index contributed by atoms with van der Waals surface area (Å²) < 4.78 is 11.0. The summed E-state index contributed by atoms with van der Waals surface area (Å²) in [7, 11) is 1.52. The van der Waals surface area contributed by atoms with Crippen molar-refractivity contribution in [2.45, 2.75) is 26.4 Å². The van der Waals surface area contributed by atoms with E-state index in [0.717, 1.165) is 5.56 Å². The van der Waals surface area contributed by atoms with E-state index in [-0.39, 0.29) is 11.6 Å². The molecule has 0 bridgehead atoms. The van der Waals surface area contributed by atoms with Crippen molar-refractivity contribution in [3.05, 3.63) is 58.1 Å². The van der Waals surface area contributed by atoms with Crippen LogP contribution in [0.1, 0.15) is 18.9 Å². The van der Waals surface area contributed by atoms with Gasteiger partial charge in [0, 0.05) is 12.1 Å². The minimum atomic E-state index is -0.755. The zero-order valence-corrected chi connectivity index (χ0v) is 14.3. The summed E-state index contributed by atoms with van der Waals surface area (Å²) in [6.45, 7) is 3.58. The van der Waals surface area contributed by atoms with E-state index in [0.29, 0.717) is 23.6 Å². The second-order valence-corrected chi connectivity index (χ2v) is 5.41. The fourth-order valence-electron chi connectivity index (χ4n) is 2.26. The number of nitro benzene ring substituents is 1. The molecular weight excluding hydrogens is 324 g/mol. The van der Waals surface area contributed by atoms with Crippen molar-refractivity contribution in [1.82, 2.24) is 0 Å². The van der Waals surface area contributed by atoms with Gasteiger partial charge in [0.25, 0.3) is 11.6 Å². The molecule has 7 heteroatoms. The molecule has 0 aromatic heterocycles. The fraction of sp³-hybridized carbons (Fsp3) is 0.278. The monoisotopic (exact) mass is 344 g/mol. The zero-order valence-electron chi connectivity index (χ0n) is 14.3. The first-order chi connectivity index (χ1) is 12.0. The second kappa shape index (κ2) is 8.14. The van der Waals surface area contributed by atoms with Crippen LogP contribution in [0.4, 0.5) is 11.4 Å². The molecule has 7 nitrogen and oxygen atoms in total. The number of aryl methyl sites for hydroxylation is 1. The number of non-ortho nitro benzene ring substituents is 1. The van der Waals surface area contributed by atoms with E-state index < -0.39 is 11.0 Å². The van der Waals surface area contributed by atoms with E-state index in [1.807, 2.05) is 6.92 Å². The largest absolute Gasteiger partial charge is 0.493 e.